The van der Waals surface area contributed by atoms with Crippen LogP contribution in [0.4, 0.5) is 0 Å². The van der Waals surface area contributed by atoms with E-state index < -0.39 is 28.0 Å². The van der Waals surface area contributed by atoms with Crippen molar-refractivity contribution in [2.24, 2.45) is 0 Å². The number of carboxylic acids is 1. The van der Waals surface area contributed by atoms with Gasteiger partial charge in [0.2, 0.25) is 10.0 Å². The summed E-state index contributed by atoms with van der Waals surface area (Å²) < 4.78 is 27.1. The van der Waals surface area contributed by atoms with E-state index in [0.29, 0.717) is 5.56 Å². The highest BCUT2D eigenvalue weighted by Crippen LogP contribution is 2.23. The highest BCUT2D eigenvalue weighted by atomic mass is 32.2. The van der Waals surface area contributed by atoms with Gasteiger partial charge in [-0.15, -0.1) is 0 Å². The number of benzene rings is 2. The Labute approximate surface area is 140 Å². The van der Waals surface area contributed by atoms with E-state index in [9.17, 15) is 23.4 Å². The van der Waals surface area contributed by atoms with Crippen LogP contribution in [0, 0.1) is 6.92 Å². The van der Waals surface area contributed by atoms with E-state index in [2.05, 4.69) is 4.72 Å². The SMILES string of the molecule is Cc1ccc(S(=O)(=O)NC(C(=O)O)C(C)c2ccc(O)cc2)cc1. The van der Waals surface area contributed by atoms with E-state index >= 15 is 0 Å². The number of carboxylic acid groups (broad SMARTS) is 1. The molecule has 7 heteroatoms. The maximum absolute atomic E-state index is 12.4. The van der Waals surface area contributed by atoms with Crippen LogP contribution >= 0.6 is 0 Å². The predicted molar refractivity (Wildman–Crippen MR) is 89.4 cm³/mol. The molecule has 2 aromatic carbocycles. The van der Waals surface area contributed by atoms with Crippen molar-refractivity contribution in [3.63, 3.8) is 0 Å². The van der Waals surface area contributed by atoms with Crippen LogP contribution in [0.15, 0.2) is 53.4 Å². The molecule has 0 radical (unpaired) electrons. The smallest absolute Gasteiger partial charge is 0.322 e. The standard InChI is InChI=1S/C17H19NO5S/c1-11-3-9-15(10-4-11)24(22,23)18-16(17(20)21)12(2)13-5-7-14(19)8-6-13/h3-10,12,16,18-19H,1-2H3,(H,20,21). The zero-order valence-corrected chi connectivity index (χ0v) is 14.1. The third kappa shape index (κ3) is 4.12. The fourth-order valence-electron chi connectivity index (χ4n) is 2.29. The lowest BCUT2D eigenvalue weighted by atomic mass is 9.94. The van der Waals surface area contributed by atoms with Crippen molar-refractivity contribution in [2.45, 2.75) is 30.7 Å². The molecule has 0 aromatic heterocycles. The van der Waals surface area contributed by atoms with Gasteiger partial charge in [0.25, 0.3) is 0 Å². The van der Waals surface area contributed by atoms with Gasteiger partial charge in [0.1, 0.15) is 11.8 Å². The van der Waals surface area contributed by atoms with Crippen LogP contribution < -0.4 is 4.72 Å². The van der Waals surface area contributed by atoms with Crippen molar-refractivity contribution in [3.05, 3.63) is 59.7 Å². The number of carbonyl (C=O) groups is 1. The third-order valence-electron chi connectivity index (χ3n) is 3.80. The molecule has 128 valence electrons. The van der Waals surface area contributed by atoms with Crippen LogP contribution in [0.25, 0.3) is 0 Å². The van der Waals surface area contributed by atoms with Gasteiger partial charge in [-0.3, -0.25) is 4.79 Å². The van der Waals surface area contributed by atoms with Crippen molar-refractivity contribution in [1.29, 1.82) is 0 Å². The summed E-state index contributed by atoms with van der Waals surface area (Å²) in [5, 5.41) is 18.8. The molecular weight excluding hydrogens is 330 g/mol. The first-order chi connectivity index (χ1) is 11.2. The minimum absolute atomic E-state index is 0.0113. The Morgan fingerprint density at radius 1 is 1.04 bits per heavy atom. The van der Waals surface area contributed by atoms with Crippen LogP contribution in [0.3, 0.4) is 0 Å². The average Bonchev–Trinajstić information content (AvgIpc) is 2.53. The van der Waals surface area contributed by atoms with Gasteiger partial charge >= 0.3 is 5.97 Å². The second-order valence-corrected chi connectivity index (χ2v) is 7.34. The largest absolute Gasteiger partial charge is 0.508 e. The first kappa shape index (κ1) is 18.0. The average molecular weight is 349 g/mol. The Hall–Kier alpha value is -2.38. The molecular formula is C17H19NO5S. The van der Waals surface area contributed by atoms with E-state index in [0.717, 1.165) is 5.56 Å². The number of aromatic hydroxyl groups is 1. The Morgan fingerprint density at radius 3 is 2.08 bits per heavy atom. The molecule has 2 aromatic rings. The minimum Gasteiger partial charge on any atom is -0.508 e. The number of aryl methyl sites for hydroxylation is 1. The van der Waals surface area contributed by atoms with E-state index in [1.807, 2.05) is 6.92 Å². The van der Waals surface area contributed by atoms with Crippen molar-refractivity contribution < 1.29 is 23.4 Å². The van der Waals surface area contributed by atoms with Gasteiger partial charge in [-0.1, -0.05) is 36.8 Å². The van der Waals surface area contributed by atoms with Crippen LogP contribution in [-0.4, -0.2) is 30.6 Å². The summed E-state index contributed by atoms with van der Waals surface area (Å²) in [6.45, 7) is 3.44. The maximum Gasteiger partial charge on any atom is 0.322 e. The molecule has 2 atom stereocenters. The summed E-state index contributed by atoms with van der Waals surface area (Å²) in [6.07, 6.45) is 0. The summed E-state index contributed by atoms with van der Waals surface area (Å²) >= 11 is 0. The molecule has 6 nitrogen and oxygen atoms in total. The van der Waals surface area contributed by atoms with Crippen LogP contribution in [0.1, 0.15) is 24.0 Å². The fraction of sp³-hybridized carbons (Fsp3) is 0.235. The second-order valence-electron chi connectivity index (χ2n) is 5.63. The molecule has 0 spiro atoms. The molecule has 3 N–H and O–H groups in total. The third-order valence-corrected chi connectivity index (χ3v) is 5.26. The van der Waals surface area contributed by atoms with E-state index in [4.69, 9.17) is 0 Å². The van der Waals surface area contributed by atoms with Crippen LogP contribution in [0.5, 0.6) is 5.75 Å². The van der Waals surface area contributed by atoms with Gasteiger partial charge < -0.3 is 10.2 Å². The number of phenolic OH excluding ortho intramolecular Hbond substituents is 1. The first-order valence-electron chi connectivity index (χ1n) is 7.31. The molecule has 0 saturated heterocycles. The Balaban J connectivity index is 2.29. The van der Waals surface area contributed by atoms with Gasteiger partial charge in [0.15, 0.2) is 0 Å². The lowest BCUT2D eigenvalue weighted by molar-refractivity contribution is -0.139. The Bertz CT molecular complexity index is 813. The van der Waals surface area contributed by atoms with Crippen molar-refractivity contribution in [3.8, 4) is 5.75 Å². The van der Waals surface area contributed by atoms with Crippen molar-refractivity contribution in [2.75, 3.05) is 0 Å². The summed E-state index contributed by atoms with van der Waals surface area (Å²) in [4.78, 5) is 11.6. The number of sulfonamides is 1. The fourth-order valence-corrected chi connectivity index (χ4v) is 3.56. The molecule has 0 amide bonds. The molecule has 0 heterocycles. The molecule has 2 unspecified atom stereocenters. The number of phenols is 1. The molecule has 0 saturated carbocycles. The molecule has 0 aliphatic carbocycles. The topological polar surface area (TPSA) is 104 Å². The molecule has 24 heavy (non-hydrogen) atoms. The quantitative estimate of drug-likeness (QED) is 0.742. The Kier molecular flexibility index (Phi) is 5.26. The van der Waals surface area contributed by atoms with E-state index in [1.165, 1.54) is 24.3 Å². The molecule has 2 rings (SSSR count). The highest BCUT2D eigenvalue weighted by molar-refractivity contribution is 7.89. The first-order valence-corrected chi connectivity index (χ1v) is 8.80. The van der Waals surface area contributed by atoms with Gasteiger partial charge in [-0.05, 0) is 36.8 Å². The zero-order valence-electron chi connectivity index (χ0n) is 13.3. The predicted octanol–water partition coefficient (Wildman–Crippen LogP) is 2.24. The zero-order chi connectivity index (χ0) is 17.9. The number of nitrogens with one attached hydrogen (secondary N) is 1. The molecule has 0 aliphatic rings. The van der Waals surface area contributed by atoms with E-state index in [1.54, 1.807) is 31.2 Å². The van der Waals surface area contributed by atoms with Gasteiger partial charge in [0, 0.05) is 5.92 Å². The van der Waals surface area contributed by atoms with Gasteiger partial charge in [-0.2, -0.15) is 4.72 Å². The summed E-state index contributed by atoms with van der Waals surface area (Å²) in [6, 6.07) is 10.8. The lowest BCUT2D eigenvalue weighted by Gasteiger charge is -2.22. The highest BCUT2D eigenvalue weighted by Gasteiger charge is 2.31. The molecule has 0 fully saturated rings. The van der Waals surface area contributed by atoms with Crippen molar-refractivity contribution >= 4 is 16.0 Å². The van der Waals surface area contributed by atoms with E-state index in [-0.39, 0.29) is 10.6 Å². The minimum atomic E-state index is -3.96. The van der Waals surface area contributed by atoms with Gasteiger partial charge in [-0.25, -0.2) is 8.42 Å². The number of rotatable bonds is 6. The summed E-state index contributed by atoms with van der Waals surface area (Å²) in [7, 11) is -3.96. The second kappa shape index (κ2) is 7.02. The normalized spacial score (nSPS) is 14.1. The molecule has 0 bridgehead atoms. The monoisotopic (exact) mass is 349 g/mol. The van der Waals surface area contributed by atoms with Crippen LogP contribution in [-0.2, 0) is 14.8 Å². The van der Waals surface area contributed by atoms with Crippen molar-refractivity contribution in [1.82, 2.24) is 4.72 Å². The Morgan fingerprint density at radius 2 is 1.58 bits per heavy atom. The number of hydrogen-bond donors (Lipinski definition) is 3. The lowest BCUT2D eigenvalue weighted by Crippen LogP contribution is -2.44. The summed E-state index contributed by atoms with van der Waals surface area (Å²) in [5.74, 6) is -1.84. The number of hydrogen-bond acceptors (Lipinski definition) is 4. The maximum atomic E-state index is 12.4. The van der Waals surface area contributed by atoms with Gasteiger partial charge in [0.05, 0.1) is 4.90 Å². The number of aliphatic carboxylic acids is 1. The summed E-state index contributed by atoms with van der Waals surface area (Å²) in [5.41, 5.74) is 1.51. The molecule has 0 aliphatic heterocycles. The van der Waals surface area contributed by atoms with Crippen LogP contribution in [0.2, 0.25) is 0 Å².